The summed E-state index contributed by atoms with van der Waals surface area (Å²) in [6.07, 6.45) is 9.11. The Morgan fingerprint density at radius 3 is 1.59 bits per heavy atom. The second kappa shape index (κ2) is 12.1. The number of fused-ring (bicyclic) bond motifs is 3. The molecule has 1 aliphatic rings. The molecule has 0 radical (unpaired) electrons. The molecule has 0 nitrogen and oxygen atoms in total. The van der Waals surface area contributed by atoms with Crippen LogP contribution in [0.4, 0.5) is 0 Å². The Labute approximate surface area is 221 Å². The summed E-state index contributed by atoms with van der Waals surface area (Å²) in [5.41, 5.74) is 6.17. The predicted octanol–water partition coefficient (Wildman–Crippen LogP) is 9.96. The molecule has 0 heterocycles. The summed E-state index contributed by atoms with van der Waals surface area (Å²) < 4.78 is 0. The molecule has 1 aliphatic carbocycles. The van der Waals surface area contributed by atoms with E-state index in [1.807, 2.05) is 0 Å². The zero-order chi connectivity index (χ0) is 25.7. The second-order valence-corrected chi connectivity index (χ2v) is 18.2. The zero-order valence-corrected chi connectivity index (χ0v) is 25.8. The van der Waals surface area contributed by atoms with Crippen LogP contribution in [0.1, 0.15) is 85.8 Å². The van der Waals surface area contributed by atoms with E-state index in [1.165, 1.54) is 50.2 Å². The van der Waals surface area contributed by atoms with Crippen LogP contribution in [-0.4, -0.2) is 6.19 Å². The van der Waals surface area contributed by atoms with Crippen LogP contribution < -0.4 is 0 Å². The molecule has 0 atom stereocenters. The molecule has 0 bridgehead atoms. The van der Waals surface area contributed by atoms with Gasteiger partial charge in [-0.05, 0) is 10.8 Å². The molecule has 0 amide bonds. The van der Waals surface area contributed by atoms with Crippen molar-refractivity contribution in [3.05, 3.63) is 76.9 Å². The minimum absolute atomic E-state index is 0.120. The molecule has 34 heavy (non-hydrogen) atoms. The Morgan fingerprint density at radius 2 is 1.26 bits per heavy atom. The van der Waals surface area contributed by atoms with Crippen molar-refractivity contribution >= 4 is 27.7 Å². The maximum absolute atomic E-state index is 3.33. The molecule has 2 heteroatoms. The van der Waals surface area contributed by atoms with Gasteiger partial charge in [0.1, 0.15) is 0 Å². The second-order valence-electron chi connectivity index (χ2n) is 11.5. The van der Waals surface area contributed by atoms with E-state index in [0.717, 1.165) is 12.8 Å². The van der Waals surface area contributed by atoms with Gasteiger partial charge in [-0.3, -0.25) is 6.08 Å². The molecule has 0 fully saturated rings. The predicted molar refractivity (Wildman–Crippen MR) is 152 cm³/mol. The molecule has 3 aromatic carbocycles. The third-order valence-electron chi connectivity index (χ3n) is 6.22. The number of benzene rings is 2. The summed E-state index contributed by atoms with van der Waals surface area (Å²) in [6.45, 7) is 22.6. The van der Waals surface area contributed by atoms with Crippen molar-refractivity contribution in [1.29, 1.82) is 0 Å². The molecule has 180 valence electrons. The van der Waals surface area contributed by atoms with Gasteiger partial charge in [-0.2, -0.15) is 11.6 Å². The van der Waals surface area contributed by atoms with Crippen molar-refractivity contribution in [2.75, 3.05) is 0 Å². The molecule has 0 unspecified atom stereocenters. The van der Waals surface area contributed by atoms with Crippen LogP contribution >= 0.6 is 0 Å². The van der Waals surface area contributed by atoms with Crippen LogP contribution in [0, 0.1) is 6.08 Å². The first-order valence-corrected chi connectivity index (χ1v) is 17.6. The Bertz CT molecular complexity index is 1100. The van der Waals surface area contributed by atoms with Gasteiger partial charge >= 0.3 is 38.5 Å². The van der Waals surface area contributed by atoms with Crippen molar-refractivity contribution in [3.63, 3.8) is 0 Å². The summed E-state index contributed by atoms with van der Waals surface area (Å²) >= 11 is 2.27. The van der Waals surface area contributed by atoms with Crippen molar-refractivity contribution in [1.82, 2.24) is 0 Å². The monoisotopic (exact) mass is 504 g/mol. The normalized spacial score (nSPS) is 13.6. The fourth-order valence-electron chi connectivity index (χ4n) is 4.20. The quantitative estimate of drug-likeness (QED) is 0.241. The van der Waals surface area contributed by atoms with Crippen LogP contribution in [0.2, 0.25) is 13.1 Å². The Balaban J connectivity index is 0.000000260. The van der Waals surface area contributed by atoms with Gasteiger partial charge in [0.15, 0.2) is 0 Å². The van der Waals surface area contributed by atoms with Crippen LogP contribution in [0.25, 0.3) is 21.5 Å². The zero-order valence-electron chi connectivity index (χ0n) is 23.2. The average molecular weight is 505 g/mol. The fourth-order valence-corrected chi connectivity index (χ4v) is 4.20. The van der Waals surface area contributed by atoms with Gasteiger partial charge < -0.3 is 0 Å². The van der Waals surface area contributed by atoms with Crippen LogP contribution in [0.3, 0.4) is 0 Å². The average Bonchev–Trinajstić information content (AvgIpc) is 3.35. The first kappa shape index (κ1) is 29.0. The molecule has 0 spiro atoms. The first-order valence-electron chi connectivity index (χ1n) is 12.7. The van der Waals surface area contributed by atoms with Crippen LogP contribution in [0.15, 0.2) is 59.7 Å². The first-order chi connectivity index (χ1) is 15.8. The van der Waals surface area contributed by atoms with E-state index in [9.17, 15) is 0 Å². The summed E-state index contributed by atoms with van der Waals surface area (Å²) in [4.78, 5) is 0. The maximum atomic E-state index is 3.33. The molecule has 0 N–H and O–H groups in total. The van der Waals surface area contributed by atoms with E-state index in [1.54, 1.807) is 0 Å². The molecular formula is C32H44SiTi. The molecule has 0 aromatic heterocycles. The number of rotatable bonds is 2. The van der Waals surface area contributed by atoms with Gasteiger partial charge in [0, 0.05) is 0 Å². The van der Waals surface area contributed by atoms with Crippen LogP contribution in [0.5, 0.6) is 0 Å². The number of hydrogen-bond acceptors (Lipinski definition) is 0. The molecule has 0 aliphatic heterocycles. The van der Waals surface area contributed by atoms with Gasteiger partial charge in [-0.1, -0.05) is 104 Å². The van der Waals surface area contributed by atoms with Crippen molar-refractivity contribution in [2.45, 2.75) is 98.6 Å². The molecule has 3 aromatic rings. The molecule has 4 rings (SSSR count). The molecule has 0 saturated heterocycles. The summed E-state index contributed by atoms with van der Waals surface area (Å²) in [5.74, 6) is 0. The topological polar surface area (TPSA) is 0 Å². The van der Waals surface area contributed by atoms with Gasteiger partial charge in [0.05, 0.1) is 0 Å². The van der Waals surface area contributed by atoms with E-state index < -0.39 is 0 Å². The number of allylic oxidation sites excluding steroid dienone is 4. The van der Waals surface area contributed by atoms with Gasteiger partial charge in [-0.25, -0.2) is 5.57 Å². The van der Waals surface area contributed by atoms with Crippen LogP contribution in [-0.2, 0) is 30.0 Å². The summed E-state index contributed by atoms with van der Waals surface area (Å²) in [5, 5.41) is 5.48. The van der Waals surface area contributed by atoms with Crippen molar-refractivity contribution in [2.24, 2.45) is 0 Å². The van der Waals surface area contributed by atoms with E-state index in [2.05, 4.69) is 142 Å². The van der Waals surface area contributed by atoms with Crippen molar-refractivity contribution in [3.8, 4) is 0 Å². The SMILES string of the molecule is CC(C)(C)c1ccc2c(c1)[cH-]c1cc(C(C)(C)C)ccc12.CCC1=[C-]CC=C1CC.C[Si](C)=[Ti+2]. The molecular weight excluding hydrogens is 460 g/mol. The fraction of sp³-hybridized carbons (Fsp3) is 0.469. The van der Waals surface area contributed by atoms with Gasteiger partial charge in [-0.15, -0.1) is 46.2 Å². The summed E-state index contributed by atoms with van der Waals surface area (Å²) in [7, 11) is 0. The van der Waals surface area contributed by atoms with E-state index in [0.29, 0.717) is 0 Å². The Kier molecular flexibility index (Phi) is 10.3. The Hall–Kier alpha value is -1.28. The number of hydrogen-bond donors (Lipinski definition) is 0. The standard InChI is InChI=1S/C21H25.C9H13.C2H6Si.Ti/c1-20(2,3)16-7-9-18-14(12-16)11-15-13-17(21(4,5)6)8-10-19(15)18;1-3-8-6-5-7-9(8)4-2;1-3-2;/h7-13H,1-6H3;6H,3-5H2,1-2H3;1-2H3;/q2*-1;;+2. The van der Waals surface area contributed by atoms with Crippen molar-refractivity contribution < 1.29 is 19.2 Å². The summed E-state index contributed by atoms with van der Waals surface area (Å²) in [6, 6.07) is 16.2. The Morgan fingerprint density at radius 1 is 0.824 bits per heavy atom. The molecule has 0 saturated carbocycles. The van der Waals surface area contributed by atoms with Gasteiger partial charge in [0.2, 0.25) is 0 Å². The van der Waals surface area contributed by atoms with E-state index in [-0.39, 0.29) is 17.0 Å². The van der Waals surface area contributed by atoms with Gasteiger partial charge in [0.25, 0.3) is 0 Å². The van der Waals surface area contributed by atoms with E-state index >= 15 is 0 Å². The third kappa shape index (κ3) is 7.87. The third-order valence-corrected chi connectivity index (χ3v) is 6.22. The minimum atomic E-state index is 0.120. The van der Waals surface area contributed by atoms with E-state index in [4.69, 9.17) is 0 Å².